The van der Waals surface area contributed by atoms with Crippen molar-refractivity contribution >= 4 is 18.2 Å². The van der Waals surface area contributed by atoms with Crippen molar-refractivity contribution in [3.8, 4) is 5.75 Å². The van der Waals surface area contributed by atoms with E-state index in [1.165, 1.54) is 0 Å². The van der Waals surface area contributed by atoms with Crippen LogP contribution in [0.1, 0.15) is 11.6 Å². The highest BCUT2D eigenvalue weighted by Crippen LogP contribution is 2.24. The Hall–Kier alpha value is -1.86. The van der Waals surface area contributed by atoms with Crippen molar-refractivity contribution in [2.45, 2.75) is 12.6 Å². The van der Waals surface area contributed by atoms with Gasteiger partial charge in [-0.3, -0.25) is 4.57 Å². The quantitative estimate of drug-likeness (QED) is 0.823. The molecule has 0 aliphatic rings. The van der Waals surface area contributed by atoms with E-state index in [9.17, 15) is 0 Å². The molecular weight excluding hydrogens is 274 g/mol. The van der Waals surface area contributed by atoms with Gasteiger partial charge in [0, 0.05) is 6.54 Å². The molecule has 2 rings (SSSR count). The van der Waals surface area contributed by atoms with E-state index in [1.807, 2.05) is 32.3 Å². The summed E-state index contributed by atoms with van der Waals surface area (Å²) in [6.07, 6.45) is 0. The maximum atomic E-state index is 5.83. The predicted octanol–water partition coefficient (Wildman–Crippen LogP) is 1.83. The summed E-state index contributed by atoms with van der Waals surface area (Å²) in [5.74, 6) is 1.22. The van der Waals surface area contributed by atoms with Gasteiger partial charge >= 0.3 is 0 Å². The number of benzene rings is 1. The lowest BCUT2D eigenvalue weighted by Crippen LogP contribution is -2.25. The minimum absolute atomic E-state index is 0.122. The van der Waals surface area contributed by atoms with Gasteiger partial charge in [0.15, 0.2) is 4.77 Å². The lowest BCUT2D eigenvalue weighted by molar-refractivity contribution is 0.268. The van der Waals surface area contributed by atoms with E-state index < -0.39 is 0 Å². The van der Waals surface area contributed by atoms with Gasteiger partial charge in [-0.1, -0.05) is 12.1 Å². The third kappa shape index (κ3) is 3.00. The van der Waals surface area contributed by atoms with Gasteiger partial charge in [-0.25, -0.2) is 5.10 Å². The number of nitrogen functional groups attached to an aromatic ring is 1. The number of hydrogen-bond acceptors (Lipinski definition) is 5. The first-order valence-electron chi connectivity index (χ1n) is 6.24. The van der Waals surface area contributed by atoms with Gasteiger partial charge in [0.2, 0.25) is 5.95 Å². The predicted molar refractivity (Wildman–Crippen MR) is 81.2 cm³/mol. The molecule has 7 heteroatoms. The molecule has 1 atom stereocenters. The Balaban J connectivity index is 2.34. The second kappa shape index (κ2) is 6.06. The molecule has 0 aliphatic heterocycles. The van der Waals surface area contributed by atoms with Crippen LogP contribution in [0.4, 0.5) is 5.95 Å². The smallest absolute Gasteiger partial charge is 0.220 e. The van der Waals surface area contributed by atoms with Crippen LogP contribution in [0.25, 0.3) is 0 Å². The highest BCUT2D eigenvalue weighted by Gasteiger charge is 2.17. The summed E-state index contributed by atoms with van der Waals surface area (Å²) in [5, 5.41) is 6.64. The van der Waals surface area contributed by atoms with Crippen LogP contribution >= 0.6 is 12.2 Å². The average molecular weight is 293 g/mol. The molecule has 0 bridgehead atoms. The standard InChI is InChI=1S/C13H19N5OS/c1-17(2)11(8-18-12(14)15-16-13(18)20)9-5-4-6-10(7-9)19-3/h4-7,11H,8H2,1-3H3,(H2,14,15)(H,16,20). The summed E-state index contributed by atoms with van der Waals surface area (Å²) in [4.78, 5) is 2.11. The summed E-state index contributed by atoms with van der Waals surface area (Å²) in [6.45, 7) is 0.626. The van der Waals surface area contributed by atoms with Crippen molar-refractivity contribution in [2.24, 2.45) is 0 Å². The molecule has 1 aromatic carbocycles. The SMILES string of the molecule is COc1cccc(C(Cn2c(N)n[nH]c2=S)N(C)C)c1. The van der Waals surface area contributed by atoms with Gasteiger partial charge in [-0.2, -0.15) is 0 Å². The van der Waals surface area contributed by atoms with Crippen LogP contribution in [0.2, 0.25) is 0 Å². The highest BCUT2D eigenvalue weighted by atomic mass is 32.1. The molecule has 0 aliphatic carbocycles. The van der Waals surface area contributed by atoms with Gasteiger partial charge < -0.3 is 15.4 Å². The number of H-pyrrole nitrogens is 1. The lowest BCUT2D eigenvalue weighted by atomic mass is 10.1. The minimum Gasteiger partial charge on any atom is -0.497 e. The first-order chi connectivity index (χ1) is 9.52. The highest BCUT2D eigenvalue weighted by molar-refractivity contribution is 7.71. The summed E-state index contributed by atoms with van der Waals surface area (Å²) in [7, 11) is 5.70. The normalized spacial score (nSPS) is 12.6. The van der Waals surface area contributed by atoms with Crippen LogP contribution < -0.4 is 10.5 Å². The fourth-order valence-corrected chi connectivity index (χ4v) is 2.31. The third-order valence-electron chi connectivity index (χ3n) is 3.25. The molecule has 108 valence electrons. The van der Waals surface area contributed by atoms with Crippen LogP contribution in [0, 0.1) is 4.77 Å². The number of rotatable bonds is 5. The van der Waals surface area contributed by atoms with Crippen molar-refractivity contribution in [1.29, 1.82) is 0 Å². The molecule has 2 aromatic rings. The Morgan fingerprint density at radius 3 is 2.80 bits per heavy atom. The van der Waals surface area contributed by atoms with Crippen molar-refractivity contribution in [3.63, 3.8) is 0 Å². The zero-order valence-electron chi connectivity index (χ0n) is 11.8. The van der Waals surface area contributed by atoms with Crippen molar-refractivity contribution in [2.75, 3.05) is 26.9 Å². The third-order valence-corrected chi connectivity index (χ3v) is 3.56. The van der Waals surface area contributed by atoms with Crippen molar-refractivity contribution in [3.05, 3.63) is 34.6 Å². The van der Waals surface area contributed by atoms with E-state index in [4.69, 9.17) is 22.7 Å². The zero-order valence-corrected chi connectivity index (χ0v) is 12.6. The number of anilines is 1. The topological polar surface area (TPSA) is 72.1 Å². The van der Waals surface area contributed by atoms with Gasteiger partial charge in [0.25, 0.3) is 0 Å². The van der Waals surface area contributed by atoms with E-state index in [2.05, 4.69) is 21.2 Å². The molecule has 0 radical (unpaired) electrons. The summed E-state index contributed by atoms with van der Waals surface area (Å²) in [5.41, 5.74) is 6.97. The van der Waals surface area contributed by atoms with E-state index in [-0.39, 0.29) is 6.04 Å². The number of nitrogens with one attached hydrogen (secondary N) is 1. The number of nitrogens with two attached hydrogens (primary N) is 1. The van der Waals surface area contributed by atoms with Gasteiger partial charge in [0.05, 0.1) is 13.2 Å². The summed E-state index contributed by atoms with van der Waals surface area (Å²) < 4.78 is 7.59. The zero-order chi connectivity index (χ0) is 14.7. The number of likely N-dealkylation sites (N-methyl/N-ethyl adjacent to an activating group) is 1. The van der Waals surface area contributed by atoms with Crippen LogP contribution in [-0.4, -0.2) is 40.9 Å². The van der Waals surface area contributed by atoms with Gasteiger partial charge in [-0.15, -0.1) is 5.10 Å². The number of nitrogens with zero attached hydrogens (tertiary/aromatic N) is 3. The molecule has 0 fully saturated rings. The molecule has 3 N–H and O–H groups in total. The Kier molecular flexibility index (Phi) is 4.41. The monoisotopic (exact) mass is 293 g/mol. The van der Waals surface area contributed by atoms with Gasteiger partial charge in [0.1, 0.15) is 5.75 Å². The number of hydrogen-bond donors (Lipinski definition) is 2. The molecule has 1 aromatic heterocycles. The fourth-order valence-electron chi connectivity index (χ4n) is 2.09. The largest absolute Gasteiger partial charge is 0.497 e. The molecule has 6 nitrogen and oxygen atoms in total. The summed E-state index contributed by atoms with van der Waals surface area (Å²) >= 11 is 5.20. The van der Waals surface area contributed by atoms with E-state index in [1.54, 1.807) is 11.7 Å². The molecule has 0 amide bonds. The molecule has 0 saturated carbocycles. The van der Waals surface area contributed by atoms with Crippen LogP contribution in [-0.2, 0) is 6.54 Å². The Morgan fingerprint density at radius 1 is 1.50 bits per heavy atom. The van der Waals surface area contributed by atoms with Crippen molar-refractivity contribution in [1.82, 2.24) is 19.7 Å². The first-order valence-corrected chi connectivity index (χ1v) is 6.64. The molecule has 20 heavy (non-hydrogen) atoms. The Morgan fingerprint density at radius 2 is 2.25 bits per heavy atom. The van der Waals surface area contributed by atoms with Crippen LogP contribution in [0.3, 0.4) is 0 Å². The summed E-state index contributed by atoms with van der Waals surface area (Å²) in [6, 6.07) is 8.10. The van der Waals surface area contributed by atoms with Crippen molar-refractivity contribution < 1.29 is 4.74 Å². The molecule has 1 heterocycles. The second-order valence-corrected chi connectivity index (χ2v) is 5.14. The second-order valence-electron chi connectivity index (χ2n) is 4.75. The van der Waals surface area contributed by atoms with E-state index in [0.717, 1.165) is 11.3 Å². The number of methoxy groups -OCH3 is 1. The minimum atomic E-state index is 0.122. The van der Waals surface area contributed by atoms with Crippen LogP contribution in [0.5, 0.6) is 5.75 Å². The molecule has 0 spiro atoms. The maximum absolute atomic E-state index is 5.83. The fraction of sp³-hybridized carbons (Fsp3) is 0.385. The molecule has 1 unspecified atom stereocenters. The lowest BCUT2D eigenvalue weighted by Gasteiger charge is -2.25. The number of aromatic amines is 1. The Bertz CT molecular complexity index is 634. The Labute approximate surface area is 123 Å². The van der Waals surface area contributed by atoms with E-state index >= 15 is 0 Å². The van der Waals surface area contributed by atoms with Gasteiger partial charge in [-0.05, 0) is 44.0 Å². The first kappa shape index (κ1) is 14.5. The maximum Gasteiger partial charge on any atom is 0.220 e. The molecule has 0 saturated heterocycles. The number of aromatic nitrogens is 3. The molecular formula is C13H19N5OS. The number of ether oxygens (including phenoxy) is 1. The van der Waals surface area contributed by atoms with E-state index in [0.29, 0.717) is 17.3 Å². The van der Waals surface area contributed by atoms with Crippen LogP contribution in [0.15, 0.2) is 24.3 Å². The average Bonchev–Trinajstić information content (AvgIpc) is 2.75.